The largest absolute Gasteiger partial charge is 0.780 e. The minimum Gasteiger partial charge on any atom is -0.780 e. The second-order valence-electron chi connectivity index (χ2n) is 18.1. The van der Waals surface area contributed by atoms with Crippen LogP contribution in [0.25, 0.3) is 44.8 Å². The molecule has 3 amide bonds. The lowest BCUT2D eigenvalue weighted by Gasteiger charge is -2.28. The summed E-state index contributed by atoms with van der Waals surface area (Å²) in [5.41, 5.74) is 5.35. The maximum Gasteiger partial charge on any atom is 0.251 e. The van der Waals surface area contributed by atoms with Crippen molar-refractivity contribution in [2.45, 2.75) is 51.6 Å². The number of nitrogens with zero attached hydrogens (tertiary/aromatic N) is 4. The van der Waals surface area contributed by atoms with Gasteiger partial charge in [0.05, 0.1) is 103 Å². The number of hydrogen-bond acceptors (Lipinski definition) is 18. The number of aromatic hydroxyl groups is 1. The second-order valence-corrected chi connectivity index (χ2v) is 21.0. The molecule has 0 saturated heterocycles. The van der Waals surface area contributed by atoms with E-state index in [2.05, 4.69) is 32.0 Å². The summed E-state index contributed by atoms with van der Waals surface area (Å²) in [6.07, 6.45) is 4.70. The van der Waals surface area contributed by atoms with E-state index in [1.165, 1.54) is 31.4 Å². The van der Waals surface area contributed by atoms with Gasteiger partial charge in [0.2, 0.25) is 17.6 Å². The number of nitrogens with one attached hydrogen (secondary N) is 2. The first kappa shape index (κ1) is 60.9. The Labute approximate surface area is 469 Å². The van der Waals surface area contributed by atoms with Crippen molar-refractivity contribution in [2.75, 3.05) is 104 Å². The van der Waals surface area contributed by atoms with E-state index in [0.29, 0.717) is 108 Å². The van der Waals surface area contributed by atoms with Gasteiger partial charge in [-0.3, -0.25) is 19.2 Å². The maximum absolute atomic E-state index is 14.0. The monoisotopic (exact) mass is 1140 g/mol. The van der Waals surface area contributed by atoms with Crippen LogP contribution >= 0.6 is 6.72 Å². The summed E-state index contributed by atoms with van der Waals surface area (Å²) < 4.78 is 51.3. The lowest BCUT2D eigenvalue weighted by Crippen LogP contribution is -2.33. The summed E-state index contributed by atoms with van der Waals surface area (Å²) in [5, 5.41) is 25.8. The molecule has 0 bridgehead atoms. The van der Waals surface area contributed by atoms with Crippen molar-refractivity contribution >= 4 is 52.9 Å². The highest BCUT2D eigenvalue weighted by molar-refractivity contribution is 8.06. The van der Waals surface area contributed by atoms with E-state index < -0.39 is 6.72 Å². The highest BCUT2D eigenvalue weighted by atomic mass is 32.5. The number of rotatable bonds is 35. The number of fused-ring (bicyclic) bond motifs is 6. The van der Waals surface area contributed by atoms with Crippen molar-refractivity contribution in [3.63, 3.8) is 0 Å². The number of carbonyl (C=O) groups excluding carboxylic acids is 3. The van der Waals surface area contributed by atoms with Gasteiger partial charge in [-0.25, -0.2) is 4.68 Å². The summed E-state index contributed by atoms with van der Waals surface area (Å²) >= 11 is 4.72. The van der Waals surface area contributed by atoms with Crippen molar-refractivity contribution in [1.29, 1.82) is 0 Å². The smallest absolute Gasteiger partial charge is 0.251 e. The molecule has 2 aromatic heterocycles. The third kappa shape index (κ3) is 17.9. The fraction of sp³-hybridized carbons (Fsp3) is 0.404. The van der Waals surface area contributed by atoms with Gasteiger partial charge in [0, 0.05) is 61.4 Å². The first-order valence-corrected chi connectivity index (χ1v) is 29.0. The molecule has 21 nitrogen and oxygen atoms in total. The van der Waals surface area contributed by atoms with Gasteiger partial charge in [0.1, 0.15) is 24.8 Å². The summed E-state index contributed by atoms with van der Waals surface area (Å²) in [7, 11) is 1.26. The first-order valence-electron chi connectivity index (χ1n) is 26.5. The van der Waals surface area contributed by atoms with E-state index in [1.54, 1.807) is 33.8 Å². The van der Waals surface area contributed by atoms with Crippen LogP contribution in [0, 0.1) is 0 Å². The highest BCUT2D eigenvalue weighted by Gasteiger charge is 2.29. The molecule has 7 rings (SSSR count). The van der Waals surface area contributed by atoms with E-state index in [1.807, 2.05) is 48.5 Å². The highest BCUT2D eigenvalue weighted by Crippen LogP contribution is 2.42. The molecule has 1 aliphatic heterocycles. The zero-order chi connectivity index (χ0) is 56.5. The number of aromatic nitrogens is 3. The van der Waals surface area contributed by atoms with Crippen LogP contribution in [-0.4, -0.2) is 137 Å². The van der Waals surface area contributed by atoms with Gasteiger partial charge in [-0.2, -0.15) is 0 Å². The molecule has 3 N–H and O–H groups in total. The summed E-state index contributed by atoms with van der Waals surface area (Å²) in [4.78, 5) is 65.7. The van der Waals surface area contributed by atoms with Gasteiger partial charge in [-0.1, -0.05) is 97.1 Å². The normalized spacial score (nSPS) is 12.7. The van der Waals surface area contributed by atoms with Crippen molar-refractivity contribution in [3.05, 3.63) is 125 Å². The summed E-state index contributed by atoms with van der Waals surface area (Å²) in [6, 6.07) is 26.4. The molecule has 3 heterocycles. The van der Waals surface area contributed by atoms with E-state index in [4.69, 9.17) is 49.2 Å². The number of anilines is 1. The first-order chi connectivity index (χ1) is 39.0. The van der Waals surface area contributed by atoms with Crippen LogP contribution in [0.2, 0.25) is 0 Å². The second kappa shape index (κ2) is 31.9. The van der Waals surface area contributed by atoms with Gasteiger partial charge < -0.3 is 67.4 Å². The van der Waals surface area contributed by atoms with E-state index in [-0.39, 0.29) is 90.6 Å². The fourth-order valence-corrected chi connectivity index (χ4v) is 9.21. The van der Waals surface area contributed by atoms with E-state index in [0.717, 1.165) is 41.6 Å². The minimum atomic E-state index is -3.39. The van der Waals surface area contributed by atoms with Gasteiger partial charge in [-0.15, -0.1) is 5.10 Å². The van der Waals surface area contributed by atoms with Crippen LogP contribution in [0.3, 0.4) is 0 Å². The van der Waals surface area contributed by atoms with Gasteiger partial charge in [0.15, 0.2) is 16.8 Å². The molecule has 23 heteroatoms. The molecule has 80 heavy (non-hydrogen) atoms. The van der Waals surface area contributed by atoms with Crippen LogP contribution in [0.4, 0.5) is 5.69 Å². The molecule has 1 unspecified atom stereocenters. The number of phenolic OH excluding ortho intramolecular Hbond substituents is 1. The Morgan fingerprint density at radius 1 is 0.787 bits per heavy atom. The number of carbonyl (C=O) groups is 3. The lowest BCUT2D eigenvalue weighted by atomic mass is 9.95. The van der Waals surface area contributed by atoms with Gasteiger partial charge in [0.25, 0.3) is 5.91 Å². The maximum atomic E-state index is 14.0. The topological polar surface area (TPSA) is 257 Å². The Hall–Kier alpha value is -6.69. The van der Waals surface area contributed by atoms with Crippen molar-refractivity contribution in [3.8, 4) is 45.3 Å². The minimum absolute atomic E-state index is 0.00283. The molecule has 4 aromatic carbocycles. The molecule has 6 aromatic rings. The van der Waals surface area contributed by atoms with Gasteiger partial charge >= 0.3 is 0 Å². The van der Waals surface area contributed by atoms with E-state index >= 15 is 0 Å². The summed E-state index contributed by atoms with van der Waals surface area (Å²) in [6.45, 7) is 5.67. The molecule has 0 radical (unpaired) electrons. The van der Waals surface area contributed by atoms with Crippen LogP contribution in [0.1, 0.15) is 54.4 Å². The molecule has 428 valence electrons. The molecule has 1 aliphatic rings. The molecular formula is C57H68N6O15PS-. The number of hydrogen-bond donors (Lipinski definition) is 3. The van der Waals surface area contributed by atoms with Crippen LogP contribution in [-0.2, 0) is 67.2 Å². The van der Waals surface area contributed by atoms with Crippen molar-refractivity contribution in [1.82, 2.24) is 25.6 Å². The fourth-order valence-electron chi connectivity index (χ4n) is 8.53. The Morgan fingerprint density at radius 2 is 1.45 bits per heavy atom. The zero-order valence-electron chi connectivity index (χ0n) is 44.8. The van der Waals surface area contributed by atoms with E-state index in [9.17, 15) is 29.2 Å². The zero-order valence-corrected chi connectivity index (χ0v) is 46.5. The van der Waals surface area contributed by atoms with Gasteiger partial charge in [-0.05, 0) is 48.7 Å². The Morgan fingerprint density at radius 3 is 2.16 bits per heavy atom. The number of phenols is 1. The number of benzene rings is 4. The molecule has 0 spiro atoms. The quantitative estimate of drug-likeness (QED) is 0.0212. The number of unbranched alkanes of at least 4 members (excludes halogenated alkanes) is 3. The van der Waals surface area contributed by atoms with Crippen LogP contribution in [0.15, 0.2) is 113 Å². The predicted octanol–water partition coefficient (Wildman–Crippen LogP) is 6.72. The summed E-state index contributed by atoms with van der Waals surface area (Å²) in [5.74, 6) is -0.565. The number of ether oxygens (including phenoxy) is 6. The molecule has 1 atom stereocenters. The lowest BCUT2D eigenvalue weighted by molar-refractivity contribution is -0.204. The third-order valence-corrected chi connectivity index (χ3v) is 14.3. The predicted molar refractivity (Wildman–Crippen MR) is 302 cm³/mol. The van der Waals surface area contributed by atoms with Crippen LogP contribution in [0.5, 0.6) is 11.5 Å². The van der Waals surface area contributed by atoms with Crippen LogP contribution < -0.4 is 30.6 Å². The molecule has 0 aliphatic carbocycles. The number of amides is 3. The Kier molecular flexibility index (Phi) is 24.3. The average Bonchev–Trinajstić information content (AvgIpc) is 3.95. The average molecular weight is 1140 g/mol. The third-order valence-electron chi connectivity index (χ3n) is 12.6. The molecular weight excluding hydrogens is 1070 g/mol. The SMILES string of the molecule is C=CCOc1ccc2c(=O)cc(-c3ccc(C(=O)NCCOCCOCCOCCOCCOCCn4nnc5c4-c4ccccc4N(C(=O)CCC(=O)NCCCCCCOP([O-])(=S)OC)Cc4ccccc4-5)cc3)oc2c1O. The number of para-hydroxylation sites is 1. The van der Waals surface area contributed by atoms with Crippen molar-refractivity contribution in [2.24, 2.45) is 0 Å². The standard InChI is InChI=1S/C57H69N6O15PS/c1-3-27-76-49-21-20-46-48(64)39-50(78-56(46)55(49)67)41-16-18-42(19-17-41)57(68)59-25-29-71-31-33-73-35-37-75-38-36-74-34-32-72-30-26-63-54-45-14-8-9-15-47(45)62(40-43-12-6-7-13-44(43)53(54)60-61-63)52(66)23-22-51(65)58-24-10-4-5-11-28-77-79(69,80)70-2/h3,6-9,12-21,39,67H,1,4-5,10-11,22-38,40H2,2H3,(H,58,65)(H,59,68)(H,69,80)/p-1. The Bertz CT molecular complexity index is 3100. The molecule has 0 saturated carbocycles. The Balaban J connectivity index is 0.734. The molecule has 0 fully saturated rings. The van der Waals surface area contributed by atoms with Crippen molar-refractivity contribution < 1.29 is 66.3 Å².